The third-order valence-electron chi connectivity index (χ3n) is 6.99. The standard InChI is InChI=1S/C22H25NO7/c1-8-10-6-5-7-11(24)13(10)18(26)14-12(8)19(27)15-16(23(3)4)17(25)9(2)20(28)22(15,30)21(14)29/h5-8,12,15-16,19,24-25,27,29-30H,1-4H3/t8-,12+,15+,16-,19-,22+/m0/s1. The molecule has 1 aromatic rings. The lowest BCUT2D eigenvalue weighted by Gasteiger charge is -2.53. The number of fused-ring (bicyclic) bond motifs is 3. The molecule has 4 rings (SSSR count). The van der Waals surface area contributed by atoms with Crippen LogP contribution in [-0.4, -0.2) is 73.8 Å². The summed E-state index contributed by atoms with van der Waals surface area (Å²) in [5.74, 6) is -5.82. The van der Waals surface area contributed by atoms with E-state index in [2.05, 4.69) is 0 Å². The lowest BCUT2D eigenvalue weighted by Crippen LogP contribution is -2.67. The van der Waals surface area contributed by atoms with Crippen molar-refractivity contribution < 1.29 is 35.1 Å². The molecule has 3 aliphatic carbocycles. The zero-order valence-corrected chi connectivity index (χ0v) is 17.1. The van der Waals surface area contributed by atoms with E-state index in [9.17, 15) is 35.1 Å². The van der Waals surface area contributed by atoms with Gasteiger partial charge in [0.2, 0.25) is 5.78 Å². The van der Waals surface area contributed by atoms with Crippen molar-refractivity contribution in [1.29, 1.82) is 0 Å². The van der Waals surface area contributed by atoms with E-state index in [1.807, 2.05) is 0 Å². The van der Waals surface area contributed by atoms with Crippen molar-refractivity contribution in [2.75, 3.05) is 14.1 Å². The lowest BCUT2D eigenvalue weighted by molar-refractivity contribution is -0.161. The Balaban J connectivity index is 2.04. The molecule has 0 amide bonds. The van der Waals surface area contributed by atoms with E-state index in [1.165, 1.54) is 13.0 Å². The second-order valence-electron chi connectivity index (χ2n) is 8.68. The Morgan fingerprint density at radius 3 is 2.33 bits per heavy atom. The van der Waals surface area contributed by atoms with Crippen LogP contribution in [0.5, 0.6) is 5.75 Å². The van der Waals surface area contributed by atoms with Crippen LogP contribution in [-0.2, 0) is 4.79 Å². The van der Waals surface area contributed by atoms with Gasteiger partial charge in [-0.25, -0.2) is 0 Å². The maximum Gasteiger partial charge on any atom is 0.201 e. The first kappa shape index (κ1) is 20.6. The molecule has 1 aromatic carbocycles. The fraction of sp³-hybridized carbons (Fsp3) is 0.455. The van der Waals surface area contributed by atoms with Crippen molar-refractivity contribution in [3.63, 3.8) is 0 Å². The summed E-state index contributed by atoms with van der Waals surface area (Å²) in [6, 6.07) is 3.63. The highest BCUT2D eigenvalue weighted by molar-refractivity contribution is 6.15. The molecule has 0 aliphatic heterocycles. The predicted molar refractivity (Wildman–Crippen MR) is 106 cm³/mol. The highest BCUT2D eigenvalue weighted by Gasteiger charge is 2.66. The minimum Gasteiger partial charge on any atom is -0.510 e. The van der Waals surface area contributed by atoms with Crippen molar-refractivity contribution in [1.82, 2.24) is 4.90 Å². The van der Waals surface area contributed by atoms with Gasteiger partial charge in [-0.1, -0.05) is 19.1 Å². The number of hydrogen-bond donors (Lipinski definition) is 5. The van der Waals surface area contributed by atoms with E-state index < -0.39 is 52.8 Å². The van der Waals surface area contributed by atoms with Gasteiger partial charge in [-0.15, -0.1) is 0 Å². The molecule has 3 aliphatic rings. The largest absolute Gasteiger partial charge is 0.510 e. The summed E-state index contributed by atoms with van der Waals surface area (Å²) in [6.07, 6.45) is -1.43. The first-order valence-electron chi connectivity index (χ1n) is 9.77. The lowest BCUT2D eigenvalue weighted by atomic mass is 9.55. The minimum atomic E-state index is -2.58. The highest BCUT2D eigenvalue weighted by Crippen LogP contribution is 2.55. The van der Waals surface area contributed by atoms with Gasteiger partial charge in [-0.3, -0.25) is 14.5 Å². The number of phenols is 1. The molecule has 0 heterocycles. The summed E-state index contributed by atoms with van der Waals surface area (Å²) in [5, 5.41) is 54.9. The number of phenolic OH excluding ortho intramolecular Hbond substituents is 1. The van der Waals surface area contributed by atoms with Gasteiger partial charge in [0.1, 0.15) is 17.3 Å². The molecular weight excluding hydrogens is 390 g/mol. The molecule has 0 bridgehead atoms. The number of Topliss-reactive ketones (excluding diaryl/α,β-unsaturated/α-hetero) is 2. The molecule has 8 heteroatoms. The molecule has 0 saturated carbocycles. The summed E-state index contributed by atoms with van der Waals surface area (Å²) in [4.78, 5) is 27.9. The minimum absolute atomic E-state index is 0.0143. The van der Waals surface area contributed by atoms with Crippen LogP contribution < -0.4 is 0 Å². The number of hydrogen-bond acceptors (Lipinski definition) is 8. The van der Waals surface area contributed by atoms with Gasteiger partial charge in [-0.2, -0.15) is 0 Å². The summed E-state index contributed by atoms with van der Waals surface area (Å²) >= 11 is 0. The highest BCUT2D eigenvalue weighted by atomic mass is 16.4. The topological polar surface area (TPSA) is 139 Å². The number of aliphatic hydroxyl groups excluding tert-OH is 3. The molecule has 5 N–H and O–H groups in total. The Bertz CT molecular complexity index is 1040. The number of likely N-dealkylation sites (N-methyl/N-ethyl adjacent to an activating group) is 1. The monoisotopic (exact) mass is 415 g/mol. The molecule has 0 radical (unpaired) electrons. The molecular formula is C22H25NO7. The normalized spacial score (nSPS) is 36.0. The SMILES string of the molecule is CC1=C(O)[C@@H](N(C)C)[C@@H]2[C@@H](O)[C@H]3C(=C(O)[C@]2(O)C1=O)C(=O)c1c(O)cccc1[C@@H]3C. The number of aliphatic hydroxyl groups is 4. The summed E-state index contributed by atoms with van der Waals surface area (Å²) < 4.78 is 0. The number of ketones is 2. The zero-order chi connectivity index (χ0) is 22.3. The third kappa shape index (κ3) is 2.26. The fourth-order valence-corrected chi connectivity index (χ4v) is 5.51. The zero-order valence-electron chi connectivity index (χ0n) is 17.1. The van der Waals surface area contributed by atoms with Crippen LogP contribution in [0.3, 0.4) is 0 Å². The molecule has 160 valence electrons. The first-order chi connectivity index (χ1) is 14.0. The van der Waals surface area contributed by atoms with Gasteiger partial charge >= 0.3 is 0 Å². The molecule has 0 fully saturated rings. The quantitative estimate of drug-likeness (QED) is 0.461. The number of rotatable bonds is 1. The maximum absolute atomic E-state index is 13.3. The Labute approximate surface area is 173 Å². The van der Waals surface area contributed by atoms with Gasteiger partial charge in [0, 0.05) is 17.1 Å². The van der Waals surface area contributed by atoms with Crippen molar-refractivity contribution >= 4 is 11.6 Å². The van der Waals surface area contributed by atoms with Crippen LogP contribution in [0, 0.1) is 11.8 Å². The van der Waals surface area contributed by atoms with Crippen molar-refractivity contribution in [3.05, 3.63) is 52.0 Å². The molecule has 0 aromatic heterocycles. The van der Waals surface area contributed by atoms with Crippen LogP contribution in [0.1, 0.15) is 35.7 Å². The van der Waals surface area contributed by atoms with Crippen LogP contribution >= 0.6 is 0 Å². The van der Waals surface area contributed by atoms with Crippen LogP contribution in [0.15, 0.2) is 40.9 Å². The van der Waals surface area contributed by atoms with E-state index in [0.29, 0.717) is 5.56 Å². The summed E-state index contributed by atoms with van der Waals surface area (Å²) in [5.41, 5.74) is -2.51. The molecule has 0 spiro atoms. The molecule has 0 unspecified atom stereocenters. The average molecular weight is 415 g/mol. The van der Waals surface area contributed by atoms with E-state index in [-0.39, 0.29) is 28.2 Å². The number of aromatic hydroxyl groups is 1. The van der Waals surface area contributed by atoms with Crippen LogP contribution in [0.25, 0.3) is 0 Å². The van der Waals surface area contributed by atoms with E-state index in [1.54, 1.807) is 38.1 Å². The van der Waals surface area contributed by atoms with Gasteiger partial charge in [0.05, 0.1) is 23.6 Å². The van der Waals surface area contributed by atoms with Crippen LogP contribution in [0.2, 0.25) is 0 Å². The predicted octanol–water partition coefficient (Wildman–Crippen LogP) is 1.19. The number of nitrogens with zero attached hydrogens (tertiary/aromatic N) is 1. The van der Waals surface area contributed by atoms with Crippen molar-refractivity contribution in [3.8, 4) is 5.75 Å². The molecule has 0 saturated heterocycles. The fourth-order valence-electron chi connectivity index (χ4n) is 5.51. The molecule has 30 heavy (non-hydrogen) atoms. The van der Waals surface area contributed by atoms with Gasteiger partial charge in [0.15, 0.2) is 11.4 Å². The maximum atomic E-state index is 13.3. The number of benzene rings is 1. The second kappa shape index (κ2) is 6.41. The van der Waals surface area contributed by atoms with Gasteiger partial charge < -0.3 is 25.5 Å². The number of carbonyl (C=O) groups is 2. The third-order valence-corrected chi connectivity index (χ3v) is 6.99. The van der Waals surface area contributed by atoms with Crippen LogP contribution in [0.4, 0.5) is 0 Å². The number of carbonyl (C=O) groups excluding carboxylic acids is 2. The van der Waals surface area contributed by atoms with Crippen molar-refractivity contribution in [2.24, 2.45) is 11.8 Å². The Kier molecular flexibility index (Phi) is 4.40. The first-order valence-corrected chi connectivity index (χ1v) is 9.77. The summed E-state index contributed by atoms with van der Waals surface area (Å²) in [7, 11) is 3.24. The van der Waals surface area contributed by atoms with E-state index >= 15 is 0 Å². The Morgan fingerprint density at radius 2 is 1.73 bits per heavy atom. The average Bonchev–Trinajstić information content (AvgIpc) is 2.69. The summed E-state index contributed by atoms with van der Waals surface area (Å²) in [6.45, 7) is 3.07. The van der Waals surface area contributed by atoms with E-state index in [4.69, 9.17) is 0 Å². The van der Waals surface area contributed by atoms with Crippen molar-refractivity contribution in [2.45, 2.75) is 37.5 Å². The Morgan fingerprint density at radius 1 is 1.10 bits per heavy atom. The smallest absolute Gasteiger partial charge is 0.201 e. The molecule has 6 atom stereocenters. The van der Waals surface area contributed by atoms with Gasteiger partial charge in [-0.05, 0) is 38.6 Å². The second-order valence-corrected chi connectivity index (χ2v) is 8.68. The Hall–Kier alpha value is -2.68. The van der Waals surface area contributed by atoms with Gasteiger partial charge in [0.25, 0.3) is 0 Å². The molecule has 8 nitrogen and oxygen atoms in total. The van der Waals surface area contributed by atoms with E-state index in [0.717, 1.165) is 0 Å².